The number of aromatic nitrogens is 1. The molecule has 0 aliphatic rings. The van der Waals surface area contributed by atoms with Crippen molar-refractivity contribution in [1.29, 1.82) is 0 Å². The van der Waals surface area contributed by atoms with Gasteiger partial charge in [0.15, 0.2) is 17.8 Å². The van der Waals surface area contributed by atoms with Gasteiger partial charge in [-0.15, -0.1) is 0 Å². The van der Waals surface area contributed by atoms with Crippen molar-refractivity contribution in [3.63, 3.8) is 0 Å². The second-order valence-electron chi connectivity index (χ2n) is 4.87. The molecule has 0 saturated carbocycles. The van der Waals surface area contributed by atoms with Crippen LogP contribution >= 0.6 is 11.6 Å². The van der Waals surface area contributed by atoms with Gasteiger partial charge in [0.2, 0.25) is 0 Å². The molecule has 6 nitrogen and oxygen atoms in total. The number of nitrogens with zero attached hydrogens (tertiary/aromatic N) is 1. The topological polar surface area (TPSA) is 98.2 Å². The molecule has 0 radical (unpaired) electrons. The number of rotatable bonds is 4. The van der Waals surface area contributed by atoms with Crippen molar-refractivity contribution in [2.75, 3.05) is 5.32 Å². The number of primary amides is 1. The van der Waals surface area contributed by atoms with E-state index in [0.717, 1.165) is 6.39 Å². The van der Waals surface area contributed by atoms with Crippen LogP contribution in [0.4, 0.5) is 5.69 Å². The number of halogens is 1. The van der Waals surface area contributed by atoms with Crippen LogP contribution in [0.25, 0.3) is 11.3 Å². The molecule has 0 aliphatic heterocycles. The first-order valence-corrected chi connectivity index (χ1v) is 7.34. The molecule has 1 aromatic heterocycles. The Bertz CT molecular complexity index is 921. The summed E-state index contributed by atoms with van der Waals surface area (Å²) >= 11 is 6.14. The van der Waals surface area contributed by atoms with Crippen molar-refractivity contribution >= 4 is 29.1 Å². The largest absolute Gasteiger partial charge is 0.443 e. The van der Waals surface area contributed by atoms with E-state index in [1.165, 1.54) is 6.07 Å². The van der Waals surface area contributed by atoms with Crippen molar-refractivity contribution in [1.82, 2.24) is 4.98 Å². The number of hydrogen-bond donors (Lipinski definition) is 2. The molecule has 0 spiro atoms. The smallest absolute Gasteiger partial charge is 0.278 e. The summed E-state index contributed by atoms with van der Waals surface area (Å²) in [6.45, 7) is 0. The minimum absolute atomic E-state index is 0.0578. The maximum absolute atomic E-state index is 12.5. The molecule has 120 valence electrons. The second kappa shape index (κ2) is 6.55. The van der Waals surface area contributed by atoms with Gasteiger partial charge < -0.3 is 15.5 Å². The highest BCUT2D eigenvalue weighted by atomic mass is 35.5. The van der Waals surface area contributed by atoms with Gasteiger partial charge in [0.1, 0.15) is 0 Å². The predicted molar refractivity (Wildman–Crippen MR) is 89.9 cm³/mol. The summed E-state index contributed by atoms with van der Waals surface area (Å²) < 4.78 is 5.32. The highest BCUT2D eigenvalue weighted by Crippen LogP contribution is 2.30. The van der Waals surface area contributed by atoms with Crippen LogP contribution in [0.2, 0.25) is 5.02 Å². The number of anilines is 1. The Morgan fingerprint density at radius 3 is 2.54 bits per heavy atom. The van der Waals surface area contributed by atoms with Gasteiger partial charge in [-0.2, -0.15) is 0 Å². The van der Waals surface area contributed by atoms with Gasteiger partial charge in [0.05, 0.1) is 16.3 Å². The first kappa shape index (κ1) is 15.8. The molecule has 3 aromatic rings. The quantitative estimate of drug-likeness (QED) is 0.760. The first-order valence-electron chi connectivity index (χ1n) is 6.96. The third kappa shape index (κ3) is 3.00. The number of nitrogens with one attached hydrogen (secondary N) is 1. The number of carbonyl (C=O) groups is 2. The average molecular weight is 342 g/mol. The van der Waals surface area contributed by atoms with Crippen LogP contribution in [0.15, 0.2) is 59.3 Å². The highest BCUT2D eigenvalue weighted by molar-refractivity contribution is 6.33. The minimum Gasteiger partial charge on any atom is -0.443 e. The normalized spacial score (nSPS) is 10.4. The Kier molecular flexibility index (Phi) is 4.31. The Morgan fingerprint density at radius 2 is 1.79 bits per heavy atom. The average Bonchev–Trinajstić information content (AvgIpc) is 3.05. The van der Waals surface area contributed by atoms with Crippen molar-refractivity contribution in [2.24, 2.45) is 5.73 Å². The molecule has 3 rings (SSSR count). The van der Waals surface area contributed by atoms with E-state index < -0.39 is 11.8 Å². The van der Waals surface area contributed by atoms with Crippen molar-refractivity contribution < 1.29 is 14.0 Å². The molecule has 1 heterocycles. The van der Waals surface area contributed by atoms with Crippen LogP contribution < -0.4 is 11.1 Å². The number of carbonyl (C=O) groups excluding carboxylic acids is 2. The van der Waals surface area contributed by atoms with Crippen molar-refractivity contribution in [3.05, 3.63) is 71.2 Å². The van der Waals surface area contributed by atoms with E-state index >= 15 is 0 Å². The van der Waals surface area contributed by atoms with E-state index in [1.807, 2.05) is 0 Å². The lowest BCUT2D eigenvalue weighted by atomic mass is 10.1. The van der Waals surface area contributed by atoms with Crippen LogP contribution in [0.5, 0.6) is 0 Å². The summed E-state index contributed by atoms with van der Waals surface area (Å²) in [6.07, 6.45) is 1.16. The Labute approximate surface area is 142 Å². The molecule has 0 unspecified atom stereocenters. The Balaban J connectivity index is 1.95. The van der Waals surface area contributed by atoms with Crippen molar-refractivity contribution in [2.45, 2.75) is 0 Å². The zero-order chi connectivity index (χ0) is 17.1. The summed E-state index contributed by atoms with van der Waals surface area (Å²) in [5.74, 6) is -0.931. The number of para-hydroxylation sites is 1. The summed E-state index contributed by atoms with van der Waals surface area (Å²) in [7, 11) is 0. The molecular formula is C17H12ClN3O3. The van der Waals surface area contributed by atoms with Crippen molar-refractivity contribution in [3.8, 4) is 11.3 Å². The number of amides is 2. The monoisotopic (exact) mass is 341 g/mol. The zero-order valence-electron chi connectivity index (χ0n) is 12.3. The van der Waals surface area contributed by atoms with Gasteiger partial charge in [-0.05, 0) is 24.3 Å². The van der Waals surface area contributed by atoms with Gasteiger partial charge in [-0.1, -0.05) is 35.9 Å². The van der Waals surface area contributed by atoms with Gasteiger partial charge in [0.25, 0.3) is 11.8 Å². The summed E-state index contributed by atoms with van der Waals surface area (Å²) in [4.78, 5) is 27.9. The van der Waals surface area contributed by atoms with Gasteiger partial charge >= 0.3 is 0 Å². The lowest BCUT2D eigenvalue weighted by molar-refractivity contribution is 0.100. The third-order valence-electron chi connectivity index (χ3n) is 3.34. The molecule has 2 aromatic carbocycles. The molecule has 0 fully saturated rings. The van der Waals surface area contributed by atoms with E-state index in [4.69, 9.17) is 21.8 Å². The van der Waals surface area contributed by atoms with Crippen LogP contribution in [0, 0.1) is 0 Å². The van der Waals surface area contributed by atoms with Crippen LogP contribution in [0.1, 0.15) is 20.8 Å². The Morgan fingerprint density at radius 1 is 1.08 bits per heavy atom. The van der Waals surface area contributed by atoms with Gasteiger partial charge in [-0.3, -0.25) is 9.59 Å². The third-order valence-corrected chi connectivity index (χ3v) is 3.67. The molecule has 0 saturated heterocycles. The lowest BCUT2D eigenvalue weighted by Gasteiger charge is -2.08. The molecular weight excluding hydrogens is 330 g/mol. The highest BCUT2D eigenvalue weighted by Gasteiger charge is 2.21. The second-order valence-corrected chi connectivity index (χ2v) is 5.28. The standard InChI is InChI=1S/C17H12ClN3O3/c18-12-7-3-1-5-10(12)15-14(20-9-24-15)17(23)21-13-8-4-2-6-11(13)16(19)22/h1-9H,(H2,19,22)(H,21,23). The fourth-order valence-electron chi connectivity index (χ4n) is 2.23. The maximum atomic E-state index is 12.5. The molecule has 7 heteroatoms. The molecule has 0 atom stereocenters. The van der Waals surface area contributed by atoms with Crippen LogP contribution in [0.3, 0.4) is 0 Å². The zero-order valence-corrected chi connectivity index (χ0v) is 13.1. The lowest BCUT2D eigenvalue weighted by Crippen LogP contribution is -2.18. The summed E-state index contributed by atoms with van der Waals surface area (Å²) in [5, 5.41) is 3.05. The molecule has 2 amide bonds. The van der Waals surface area contributed by atoms with E-state index in [0.29, 0.717) is 16.3 Å². The Hall–Kier alpha value is -3.12. The molecule has 3 N–H and O–H groups in total. The number of oxazole rings is 1. The fraction of sp³-hybridized carbons (Fsp3) is 0. The molecule has 0 bridgehead atoms. The van der Waals surface area contributed by atoms with Gasteiger partial charge in [0, 0.05) is 5.56 Å². The number of hydrogen-bond acceptors (Lipinski definition) is 4. The van der Waals surface area contributed by atoms with Gasteiger partial charge in [-0.25, -0.2) is 4.98 Å². The number of nitrogens with two attached hydrogens (primary N) is 1. The van der Waals surface area contributed by atoms with E-state index in [9.17, 15) is 9.59 Å². The first-order chi connectivity index (χ1) is 11.6. The van der Waals surface area contributed by atoms with E-state index in [1.54, 1.807) is 42.5 Å². The fourth-order valence-corrected chi connectivity index (χ4v) is 2.45. The molecule has 0 aliphatic carbocycles. The van der Waals surface area contributed by atoms with Crippen LogP contribution in [-0.4, -0.2) is 16.8 Å². The maximum Gasteiger partial charge on any atom is 0.278 e. The minimum atomic E-state index is -0.641. The molecule has 24 heavy (non-hydrogen) atoms. The SMILES string of the molecule is NC(=O)c1ccccc1NC(=O)c1ncoc1-c1ccccc1Cl. The summed E-state index contributed by atoms with van der Waals surface area (Å²) in [6, 6.07) is 13.4. The summed E-state index contributed by atoms with van der Waals surface area (Å²) in [5.41, 5.74) is 6.41. The van der Waals surface area contributed by atoms with Crippen LogP contribution in [-0.2, 0) is 0 Å². The van der Waals surface area contributed by atoms with E-state index in [2.05, 4.69) is 10.3 Å². The predicted octanol–water partition coefficient (Wildman–Crippen LogP) is 3.35. The number of benzene rings is 2. The van der Waals surface area contributed by atoms with E-state index in [-0.39, 0.29) is 17.0 Å².